The molecule has 0 fully saturated rings. The van der Waals surface area contributed by atoms with Crippen LogP contribution in [0.15, 0.2) is 12.1 Å². The lowest BCUT2D eigenvalue weighted by Gasteiger charge is -2.17. The largest absolute Gasteiger partial charge is 0.338 e. The van der Waals surface area contributed by atoms with Gasteiger partial charge in [-0.15, -0.1) is 0 Å². The molecule has 120 valence electrons. The summed E-state index contributed by atoms with van der Waals surface area (Å²) in [6, 6.07) is 3.61. The zero-order chi connectivity index (χ0) is 16.5. The summed E-state index contributed by atoms with van der Waals surface area (Å²) in [5.41, 5.74) is 3.06. The van der Waals surface area contributed by atoms with Gasteiger partial charge in [0.2, 0.25) is 5.91 Å². The summed E-state index contributed by atoms with van der Waals surface area (Å²) in [6.45, 7) is 8.55. The number of carbonyl (C=O) groups is 2. The number of fused-ring (bicyclic) bond motifs is 1. The van der Waals surface area contributed by atoms with E-state index in [-0.39, 0.29) is 11.9 Å². The minimum atomic E-state index is -0.564. The highest BCUT2D eigenvalue weighted by molar-refractivity contribution is 6.08. The molecule has 0 aliphatic carbocycles. The molecule has 0 unspecified atom stereocenters. The van der Waals surface area contributed by atoms with E-state index in [9.17, 15) is 9.59 Å². The molecule has 5 heteroatoms. The Balaban J connectivity index is 2.24. The van der Waals surface area contributed by atoms with Crippen molar-refractivity contribution in [2.75, 3.05) is 23.8 Å². The van der Waals surface area contributed by atoms with Gasteiger partial charge >= 0.3 is 6.03 Å². The van der Waals surface area contributed by atoms with E-state index in [1.165, 1.54) is 0 Å². The van der Waals surface area contributed by atoms with Crippen LogP contribution in [0, 0.1) is 6.92 Å². The first-order valence-corrected chi connectivity index (χ1v) is 7.77. The molecule has 2 N–H and O–H groups in total. The lowest BCUT2D eigenvalue weighted by Crippen LogP contribution is -2.33. The van der Waals surface area contributed by atoms with Crippen LogP contribution >= 0.6 is 0 Å². The molecule has 3 amide bonds. The smallest absolute Gasteiger partial charge is 0.319 e. The molecular weight excluding hydrogens is 278 g/mol. The van der Waals surface area contributed by atoms with Gasteiger partial charge in [-0.2, -0.15) is 0 Å². The van der Waals surface area contributed by atoms with Crippen molar-refractivity contribution < 1.29 is 9.59 Å². The van der Waals surface area contributed by atoms with Gasteiger partial charge in [0.1, 0.15) is 0 Å². The Morgan fingerprint density at radius 3 is 2.64 bits per heavy atom. The van der Waals surface area contributed by atoms with Crippen LogP contribution in [0.4, 0.5) is 16.2 Å². The number of urea groups is 1. The Morgan fingerprint density at radius 2 is 2.00 bits per heavy atom. The predicted octanol–water partition coefficient (Wildman–Crippen LogP) is 3.17. The van der Waals surface area contributed by atoms with Gasteiger partial charge in [0, 0.05) is 19.3 Å². The van der Waals surface area contributed by atoms with Crippen LogP contribution in [0.25, 0.3) is 0 Å². The van der Waals surface area contributed by atoms with Crippen LogP contribution < -0.4 is 15.5 Å². The molecule has 0 saturated heterocycles. The second kappa shape index (κ2) is 5.99. The number of amides is 3. The minimum Gasteiger partial charge on any atom is -0.338 e. The van der Waals surface area contributed by atoms with Crippen molar-refractivity contribution in [3.63, 3.8) is 0 Å². The van der Waals surface area contributed by atoms with E-state index in [0.717, 1.165) is 35.3 Å². The normalized spacial score (nSPS) is 15.7. The van der Waals surface area contributed by atoms with E-state index < -0.39 is 5.41 Å². The molecule has 0 radical (unpaired) electrons. The lowest BCUT2D eigenvalue weighted by atomic mass is 9.85. The van der Waals surface area contributed by atoms with Crippen molar-refractivity contribution in [3.8, 4) is 0 Å². The molecule has 0 spiro atoms. The number of nitrogens with one attached hydrogen (secondary N) is 2. The predicted molar refractivity (Wildman–Crippen MR) is 89.5 cm³/mol. The van der Waals surface area contributed by atoms with Crippen LogP contribution in [0.5, 0.6) is 0 Å². The van der Waals surface area contributed by atoms with Crippen molar-refractivity contribution in [2.45, 2.75) is 46.0 Å². The maximum Gasteiger partial charge on any atom is 0.319 e. The molecule has 1 aromatic carbocycles. The number of aryl methyl sites for hydroxylation is 1. The number of carbonyl (C=O) groups excluding carboxylic acids is 2. The van der Waals surface area contributed by atoms with Gasteiger partial charge in [-0.3, -0.25) is 4.79 Å². The quantitative estimate of drug-likeness (QED) is 0.839. The highest BCUT2D eigenvalue weighted by Crippen LogP contribution is 2.44. The molecule has 5 nitrogen and oxygen atoms in total. The first kappa shape index (κ1) is 16.3. The highest BCUT2D eigenvalue weighted by atomic mass is 16.2. The number of nitrogens with zero attached hydrogens (tertiary/aromatic N) is 1. The first-order valence-electron chi connectivity index (χ1n) is 7.77. The SMILES string of the molecule is CCCCNC(=O)Nc1cc(C)c2c(c1)C(C)(C)C(=O)N2C. The van der Waals surface area contributed by atoms with Gasteiger partial charge in [0.25, 0.3) is 0 Å². The summed E-state index contributed by atoms with van der Waals surface area (Å²) >= 11 is 0. The minimum absolute atomic E-state index is 0.0788. The average Bonchev–Trinajstić information content (AvgIpc) is 2.61. The molecule has 2 rings (SSSR count). The average molecular weight is 303 g/mol. The zero-order valence-corrected chi connectivity index (χ0v) is 14.0. The second-order valence-corrected chi connectivity index (χ2v) is 6.41. The Bertz CT molecular complexity index is 608. The highest BCUT2D eigenvalue weighted by Gasteiger charge is 2.43. The molecule has 0 aromatic heterocycles. The Labute approximate surface area is 132 Å². The van der Waals surface area contributed by atoms with E-state index >= 15 is 0 Å². The van der Waals surface area contributed by atoms with E-state index in [4.69, 9.17) is 0 Å². The lowest BCUT2D eigenvalue weighted by molar-refractivity contribution is -0.121. The summed E-state index contributed by atoms with van der Waals surface area (Å²) in [6.07, 6.45) is 2.00. The van der Waals surface area contributed by atoms with Crippen LogP contribution in [0.2, 0.25) is 0 Å². The van der Waals surface area contributed by atoms with Crippen LogP contribution in [-0.2, 0) is 10.2 Å². The summed E-state index contributed by atoms with van der Waals surface area (Å²) in [5, 5.41) is 5.69. The van der Waals surface area contributed by atoms with E-state index in [1.807, 2.05) is 32.9 Å². The topological polar surface area (TPSA) is 61.4 Å². The number of likely N-dealkylation sites (N-methyl/N-ethyl adjacent to an activating group) is 1. The number of anilines is 2. The van der Waals surface area contributed by atoms with E-state index in [0.29, 0.717) is 6.54 Å². The monoisotopic (exact) mass is 303 g/mol. The summed E-state index contributed by atoms with van der Waals surface area (Å²) in [7, 11) is 1.80. The summed E-state index contributed by atoms with van der Waals surface area (Å²) in [5.74, 6) is 0.0788. The van der Waals surface area contributed by atoms with Crippen molar-refractivity contribution in [1.29, 1.82) is 0 Å². The van der Waals surface area contributed by atoms with Gasteiger partial charge in [0.15, 0.2) is 0 Å². The van der Waals surface area contributed by atoms with Gasteiger partial charge in [-0.25, -0.2) is 4.79 Å². The third-order valence-electron chi connectivity index (χ3n) is 4.22. The number of rotatable bonds is 4. The third-order valence-corrected chi connectivity index (χ3v) is 4.22. The van der Waals surface area contributed by atoms with Crippen LogP contribution in [-0.4, -0.2) is 25.5 Å². The van der Waals surface area contributed by atoms with E-state index in [2.05, 4.69) is 17.6 Å². The van der Waals surface area contributed by atoms with Crippen molar-refractivity contribution in [3.05, 3.63) is 23.3 Å². The van der Waals surface area contributed by atoms with Gasteiger partial charge in [-0.1, -0.05) is 13.3 Å². The van der Waals surface area contributed by atoms with Gasteiger partial charge in [0.05, 0.1) is 11.1 Å². The molecular formula is C17H25N3O2. The van der Waals surface area contributed by atoms with Crippen molar-refractivity contribution >= 4 is 23.3 Å². The Kier molecular flexibility index (Phi) is 4.44. The van der Waals surface area contributed by atoms with Gasteiger partial charge < -0.3 is 15.5 Å². The fourth-order valence-electron chi connectivity index (χ4n) is 2.96. The fraction of sp³-hybridized carbons (Fsp3) is 0.529. The molecule has 0 saturated carbocycles. The number of unbranched alkanes of at least 4 members (excludes halogenated alkanes) is 1. The second-order valence-electron chi connectivity index (χ2n) is 6.41. The molecule has 1 aliphatic rings. The molecule has 0 atom stereocenters. The third kappa shape index (κ3) is 2.80. The molecule has 22 heavy (non-hydrogen) atoms. The van der Waals surface area contributed by atoms with Crippen LogP contribution in [0.1, 0.15) is 44.7 Å². The molecule has 1 heterocycles. The Morgan fingerprint density at radius 1 is 1.32 bits per heavy atom. The standard InChI is InChI=1S/C17H25N3O2/c1-6-7-8-18-16(22)19-12-9-11(2)14-13(10-12)17(3,4)15(21)20(14)5/h9-10H,6-8H2,1-5H3,(H2,18,19,22). The number of benzene rings is 1. The zero-order valence-electron chi connectivity index (χ0n) is 14.0. The Hall–Kier alpha value is -2.04. The molecule has 1 aliphatic heterocycles. The number of hydrogen-bond donors (Lipinski definition) is 2. The maximum absolute atomic E-state index is 12.4. The maximum atomic E-state index is 12.4. The van der Waals surface area contributed by atoms with Gasteiger partial charge in [-0.05, 0) is 50.5 Å². The van der Waals surface area contributed by atoms with Crippen molar-refractivity contribution in [1.82, 2.24) is 5.32 Å². The van der Waals surface area contributed by atoms with E-state index in [1.54, 1.807) is 11.9 Å². The van der Waals surface area contributed by atoms with Crippen molar-refractivity contribution in [2.24, 2.45) is 0 Å². The van der Waals surface area contributed by atoms with Crippen LogP contribution in [0.3, 0.4) is 0 Å². The fourth-order valence-corrected chi connectivity index (χ4v) is 2.96. The summed E-state index contributed by atoms with van der Waals surface area (Å²) in [4.78, 5) is 26.0. The summed E-state index contributed by atoms with van der Waals surface area (Å²) < 4.78 is 0. The first-order chi connectivity index (χ1) is 10.3. The number of hydrogen-bond acceptors (Lipinski definition) is 2. The molecule has 1 aromatic rings. The molecule has 0 bridgehead atoms.